The second-order valence-corrected chi connectivity index (χ2v) is 7.75. The first-order valence-electron chi connectivity index (χ1n) is 9.97. The van der Waals surface area contributed by atoms with Gasteiger partial charge in [-0.1, -0.05) is 19.1 Å². The van der Waals surface area contributed by atoms with E-state index in [1.165, 1.54) is 17.0 Å². The highest BCUT2D eigenvalue weighted by atomic mass is 19.1. The Hall–Kier alpha value is -1.99. The summed E-state index contributed by atoms with van der Waals surface area (Å²) in [6.45, 7) is 3.30. The monoisotopic (exact) mass is 392 g/mol. The Balaban J connectivity index is 1.84. The van der Waals surface area contributed by atoms with Crippen molar-refractivity contribution in [2.45, 2.75) is 50.8 Å². The molecule has 1 aliphatic carbocycles. The summed E-state index contributed by atoms with van der Waals surface area (Å²) in [4.78, 5) is 27.6. The molecule has 0 bridgehead atoms. The molecule has 1 spiro atoms. The fraction of sp³-hybridized carbons (Fsp3) is 0.619. The molecular formula is C21H29FN2O4. The van der Waals surface area contributed by atoms with Crippen molar-refractivity contribution in [3.05, 3.63) is 35.6 Å². The minimum atomic E-state index is -0.833. The van der Waals surface area contributed by atoms with Crippen LogP contribution < -0.4 is 5.32 Å². The summed E-state index contributed by atoms with van der Waals surface area (Å²) < 4.78 is 25.4. The minimum absolute atomic E-state index is 0.0248. The van der Waals surface area contributed by atoms with Crippen molar-refractivity contribution >= 4 is 11.8 Å². The van der Waals surface area contributed by atoms with Gasteiger partial charge in [-0.25, -0.2) is 4.39 Å². The lowest BCUT2D eigenvalue weighted by molar-refractivity contribution is -0.127. The average molecular weight is 392 g/mol. The standard InChI is InChI=1S/C21H29FN2O4/c1-15-8-10-21(11-9-15)24(20(26)16-6-3-4-7-17(16)22)18(14-28-21)19(25)23-12-5-13-27-2/h3-4,6-7,15,18H,5,8-14H2,1-2H3,(H,23,25). The van der Waals surface area contributed by atoms with Crippen molar-refractivity contribution in [3.8, 4) is 0 Å². The van der Waals surface area contributed by atoms with Crippen molar-refractivity contribution in [1.29, 1.82) is 0 Å². The van der Waals surface area contributed by atoms with Gasteiger partial charge in [0.1, 0.15) is 17.6 Å². The molecule has 0 radical (unpaired) electrons. The van der Waals surface area contributed by atoms with Gasteiger partial charge in [0, 0.05) is 20.3 Å². The zero-order valence-electron chi connectivity index (χ0n) is 16.6. The van der Waals surface area contributed by atoms with Gasteiger partial charge in [0.05, 0.1) is 12.2 Å². The Kier molecular flexibility index (Phi) is 6.67. The van der Waals surface area contributed by atoms with Gasteiger partial charge in [0.15, 0.2) is 0 Å². The molecule has 1 aromatic rings. The number of rotatable bonds is 6. The molecule has 1 saturated heterocycles. The molecule has 0 aromatic heterocycles. The largest absolute Gasteiger partial charge is 0.385 e. The van der Waals surface area contributed by atoms with Crippen LogP contribution in [0.25, 0.3) is 0 Å². The molecule has 28 heavy (non-hydrogen) atoms. The van der Waals surface area contributed by atoms with E-state index in [0.29, 0.717) is 38.3 Å². The molecule has 6 nitrogen and oxygen atoms in total. The number of ether oxygens (including phenoxy) is 2. The third-order valence-electron chi connectivity index (χ3n) is 5.77. The van der Waals surface area contributed by atoms with Gasteiger partial charge in [-0.05, 0) is 50.2 Å². The Morgan fingerprint density at radius 2 is 2.04 bits per heavy atom. The fourth-order valence-electron chi connectivity index (χ4n) is 4.09. The number of methoxy groups -OCH3 is 1. The van der Waals surface area contributed by atoms with Crippen molar-refractivity contribution in [1.82, 2.24) is 10.2 Å². The van der Waals surface area contributed by atoms with E-state index in [1.54, 1.807) is 19.2 Å². The quantitative estimate of drug-likeness (QED) is 0.756. The maximum Gasteiger partial charge on any atom is 0.259 e. The van der Waals surface area contributed by atoms with E-state index in [-0.39, 0.29) is 18.1 Å². The highest BCUT2D eigenvalue weighted by Gasteiger charge is 2.53. The van der Waals surface area contributed by atoms with Crippen LogP contribution in [0.15, 0.2) is 24.3 Å². The van der Waals surface area contributed by atoms with Crippen LogP contribution in [0.1, 0.15) is 49.4 Å². The maximum absolute atomic E-state index is 14.3. The molecule has 154 valence electrons. The predicted octanol–water partition coefficient (Wildman–Crippen LogP) is 2.73. The van der Waals surface area contributed by atoms with Gasteiger partial charge >= 0.3 is 0 Å². The highest BCUT2D eigenvalue weighted by molar-refractivity contribution is 5.98. The summed E-state index contributed by atoms with van der Waals surface area (Å²) in [6.07, 6.45) is 3.80. The third kappa shape index (κ3) is 4.20. The molecule has 1 atom stereocenters. The van der Waals surface area contributed by atoms with Crippen molar-refractivity contribution in [2.24, 2.45) is 5.92 Å². The normalized spacial score (nSPS) is 27.2. The summed E-state index contributed by atoms with van der Waals surface area (Å²) in [5.74, 6) is -0.793. The second kappa shape index (κ2) is 9.01. The van der Waals surface area contributed by atoms with Crippen LogP contribution in [0.5, 0.6) is 0 Å². The van der Waals surface area contributed by atoms with E-state index in [0.717, 1.165) is 12.8 Å². The lowest BCUT2D eigenvalue weighted by Crippen LogP contribution is -2.57. The Labute approximate surface area is 165 Å². The van der Waals surface area contributed by atoms with Crippen LogP contribution in [0, 0.1) is 11.7 Å². The van der Waals surface area contributed by atoms with Gasteiger partial charge in [0.25, 0.3) is 5.91 Å². The number of nitrogens with one attached hydrogen (secondary N) is 1. The lowest BCUT2D eigenvalue weighted by atomic mass is 9.83. The Morgan fingerprint density at radius 1 is 1.32 bits per heavy atom. The smallest absolute Gasteiger partial charge is 0.259 e. The minimum Gasteiger partial charge on any atom is -0.385 e. The van der Waals surface area contributed by atoms with E-state index >= 15 is 0 Å². The molecule has 1 N–H and O–H groups in total. The topological polar surface area (TPSA) is 67.9 Å². The van der Waals surface area contributed by atoms with Crippen LogP contribution in [-0.2, 0) is 14.3 Å². The molecule has 1 unspecified atom stereocenters. The highest BCUT2D eigenvalue weighted by Crippen LogP contribution is 2.43. The SMILES string of the molecule is COCCCNC(=O)C1COC2(CCC(C)CC2)N1C(=O)c1ccccc1F. The Bertz CT molecular complexity index is 703. The molecule has 3 rings (SSSR count). The number of nitrogens with zero attached hydrogens (tertiary/aromatic N) is 1. The first kappa shape index (κ1) is 20.7. The Morgan fingerprint density at radius 3 is 2.71 bits per heavy atom. The van der Waals surface area contributed by atoms with Crippen LogP contribution in [-0.4, -0.2) is 55.3 Å². The van der Waals surface area contributed by atoms with E-state index in [9.17, 15) is 14.0 Å². The molecule has 1 aromatic carbocycles. The van der Waals surface area contributed by atoms with Crippen LogP contribution in [0.2, 0.25) is 0 Å². The number of halogens is 1. The first-order chi connectivity index (χ1) is 13.5. The van der Waals surface area contributed by atoms with E-state index in [4.69, 9.17) is 9.47 Å². The lowest BCUT2D eigenvalue weighted by Gasteiger charge is -2.43. The zero-order valence-corrected chi connectivity index (χ0v) is 16.6. The van der Waals surface area contributed by atoms with Gasteiger partial charge in [-0.15, -0.1) is 0 Å². The molecule has 1 saturated carbocycles. The molecule has 2 fully saturated rings. The van der Waals surface area contributed by atoms with Gasteiger partial charge < -0.3 is 14.8 Å². The third-order valence-corrected chi connectivity index (χ3v) is 5.77. The van der Waals surface area contributed by atoms with Crippen molar-refractivity contribution in [3.63, 3.8) is 0 Å². The molecule has 2 aliphatic rings. The number of benzene rings is 1. The van der Waals surface area contributed by atoms with E-state index < -0.39 is 23.5 Å². The number of carbonyl (C=O) groups is 2. The average Bonchev–Trinajstić information content (AvgIpc) is 3.06. The van der Waals surface area contributed by atoms with Gasteiger partial charge in [-0.3, -0.25) is 14.5 Å². The molecule has 7 heteroatoms. The van der Waals surface area contributed by atoms with Crippen molar-refractivity contribution < 1.29 is 23.5 Å². The van der Waals surface area contributed by atoms with Crippen LogP contribution in [0.3, 0.4) is 0 Å². The summed E-state index contributed by atoms with van der Waals surface area (Å²) in [6, 6.07) is 5.14. The van der Waals surface area contributed by atoms with E-state index in [1.807, 2.05) is 0 Å². The zero-order chi connectivity index (χ0) is 20.1. The van der Waals surface area contributed by atoms with E-state index in [2.05, 4.69) is 12.2 Å². The fourth-order valence-corrected chi connectivity index (χ4v) is 4.09. The summed E-state index contributed by atoms with van der Waals surface area (Å²) in [5.41, 5.74) is -0.858. The number of hydrogen-bond acceptors (Lipinski definition) is 4. The van der Waals surface area contributed by atoms with Crippen LogP contribution in [0.4, 0.5) is 4.39 Å². The number of hydrogen-bond donors (Lipinski definition) is 1. The number of amides is 2. The number of carbonyl (C=O) groups excluding carboxylic acids is 2. The van der Waals surface area contributed by atoms with Gasteiger partial charge in [-0.2, -0.15) is 0 Å². The second-order valence-electron chi connectivity index (χ2n) is 7.75. The molecule has 2 amide bonds. The molecular weight excluding hydrogens is 363 g/mol. The summed E-state index contributed by atoms with van der Waals surface area (Å²) >= 11 is 0. The van der Waals surface area contributed by atoms with Gasteiger partial charge in [0.2, 0.25) is 5.91 Å². The first-order valence-corrected chi connectivity index (χ1v) is 9.97. The van der Waals surface area contributed by atoms with Crippen LogP contribution >= 0.6 is 0 Å². The molecule has 1 heterocycles. The van der Waals surface area contributed by atoms with Crippen molar-refractivity contribution in [2.75, 3.05) is 26.9 Å². The maximum atomic E-state index is 14.3. The molecule has 1 aliphatic heterocycles. The summed E-state index contributed by atoms with van der Waals surface area (Å²) in [7, 11) is 1.61. The predicted molar refractivity (Wildman–Crippen MR) is 102 cm³/mol. The summed E-state index contributed by atoms with van der Waals surface area (Å²) in [5, 5.41) is 2.85.